The number of methoxy groups -OCH3 is 2. The van der Waals surface area contributed by atoms with Gasteiger partial charge >= 0.3 is 12.1 Å². The molecule has 11 atom stereocenters. The minimum absolute atomic E-state index is 0.0102. The summed E-state index contributed by atoms with van der Waals surface area (Å²) >= 11 is 6.57. The molecule has 8 rings (SSSR count). The minimum Gasteiger partial charge on any atom is -0.489 e. The summed E-state index contributed by atoms with van der Waals surface area (Å²) < 4.78 is 51.0. The average molecular weight is 1870 g/mol. The number of likely N-dealkylation sites (N-methyl/N-ethyl adjacent to an activating group) is 2. The zero-order chi connectivity index (χ0) is 97.1. The molecule has 0 bridgehead atoms. The number of aryl methyl sites for hydroxylation is 1. The molecule has 0 spiro atoms. The number of nitrogens with zero attached hydrogens (tertiary/aromatic N) is 7. The lowest BCUT2D eigenvalue weighted by atomic mass is 9.86. The molecule has 1 aromatic heterocycles. The molecule has 2 saturated heterocycles. The second-order valence-corrected chi connectivity index (χ2v) is 38.9. The van der Waals surface area contributed by atoms with Crippen LogP contribution >= 0.6 is 11.6 Å². The van der Waals surface area contributed by atoms with Crippen LogP contribution in [0, 0.1) is 36.5 Å². The number of anilines is 5. The van der Waals surface area contributed by atoms with Gasteiger partial charge in [-0.15, -0.1) is 0 Å². The van der Waals surface area contributed by atoms with Crippen LogP contribution in [-0.2, 0) is 85.0 Å². The van der Waals surface area contributed by atoms with Crippen molar-refractivity contribution in [1.82, 2.24) is 61.1 Å². The summed E-state index contributed by atoms with van der Waals surface area (Å²) in [6.45, 7) is 26.7. The number of halogens is 1. The number of nitrogens with two attached hydrogens (primary N) is 1. The number of urea groups is 1. The van der Waals surface area contributed by atoms with Crippen LogP contribution in [0.4, 0.5) is 38.4 Å². The first-order valence-corrected chi connectivity index (χ1v) is 47.7. The van der Waals surface area contributed by atoms with Crippen molar-refractivity contribution in [3.63, 3.8) is 0 Å². The molecule has 3 aliphatic rings. The SMILES string of the molecule is CC[C@H](C)[C@@H]([C@@H](CC(=O)N1CCC[C@H]1[C@H](OC)[C@@H](C)C(=O)N[C@@H](Cc1ccccc1)C(=O)N[C@H](C(=O)N[C@@H](CCCNC(N)=O)C(=O)Nc1ccc(COC(=O)N2CCC(c3cc(OC(C)C)c(Nc4ncc(Cl)c(Nc5ccccc5S(=O)(=O)C(C)C)n4)cc3C)CC2)cc1)C(C)C)OC)N(C)C(=O)[C@@H](NC(=O)[C@H](C(C)C)N(C)C(=O)CCCCCN1C(=O)C=CC1=O)C(C)C. The van der Waals surface area contributed by atoms with E-state index >= 15 is 0 Å². The molecule has 5 aromatic rings. The van der Waals surface area contributed by atoms with E-state index in [1.807, 2.05) is 74.4 Å². The Morgan fingerprint density at radius 1 is 0.667 bits per heavy atom. The number of amides is 13. The van der Waals surface area contributed by atoms with Gasteiger partial charge in [-0.25, -0.2) is 23.0 Å². The van der Waals surface area contributed by atoms with Crippen molar-refractivity contribution >= 4 is 121 Å². The quantitative estimate of drug-likeness (QED) is 0.0129. The fraction of sp³-hybridized carbons (Fsp3) is 0.562. The Morgan fingerprint density at radius 3 is 1.92 bits per heavy atom. The molecule has 132 heavy (non-hydrogen) atoms. The van der Waals surface area contributed by atoms with Crippen molar-refractivity contribution in [2.45, 2.75) is 264 Å². The van der Waals surface area contributed by atoms with E-state index in [2.05, 4.69) is 52.5 Å². The summed E-state index contributed by atoms with van der Waals surface area (Å²) in [6.07, 6.45) is 5.98. The first-order valence-electron chi connectivity index (χ1n) is 45.8. The number of rotatable bonds is 48. The van der Waals surface area contributed by atoms with Crippen LogP contribution in [0.5, 0.6) is 5.75 Å². The molecule has 13 amide bonds. The van der Waals surface area contributed by atoms with Crippen molar-refractivity contribution in [2.24, 2.45) is 35.3 Å². The first-order chi connectivity index (χ1) is 62.6. The lowest BCUT2D eigenvalue weighted by Gasteiger charge is -2.41. The van der Waals surface area contributed by atoms with Gasteiger partial charge in [0.15, 0.2) is 15.7 Å². The molecule has 2 fully saturated rings. The van der Waals surface area contributed by atoms with Crippen LogP contribution in [0.25, 0.3) is 0 Å². The molecule has 4 heterocycles. The normalized spacial score (nSPS) is 16.5. The zero-order valence-corrected chi connectivity index (χ0v) is 81.1. The molecule has 0 unspecified atom stereocenters. The van der Waals surface area contributed by atoms with E-state index in [0.717, 1.165) is 16.0 Å². The predicted octanol–water partition coefficient (Wildman–Crippen LogP) is 11.2. The predicted molar refractivity (Wildman–Crippen MR) is 504 cm³/mol. The Morgan fingerprint density at radius 2 is 1.31 bits per heavy atom. The molecule has 722 valence electrons. The Kier molecular flexibility index (Phi) is 40.2. The Hall–Kier alpha value is -11.3. The number of imide groups is 1. The number of para-hydroxylation sites is 1. The van der Waals surface area contributed by atoms with E-state index in [4.69, 9.17) is 36.3 Å². The fourth-order valence-corrected chi connectivity index (χ4v) is 18.4. The van der Waals surface area contributed by atoms with Gasteiger partial charge in [-0.05, 0) is 174 Å². The summed E-state index contributed by atoms with van der Waals surface area (Å²) in [5.74, 6) is -6.44. The standard InChI is InChI=1S/C96H137ClN16O18S/c1-19-61(12)85(110(16)93(123)83(57(4)5)107-92(122)84(58(6)7)109(15)78(114)36-24-21-27-46-113-79(115)41-42-80(113)116)76(128-17)53-81(117)112-47-29-34-74(112)86(129-18)63(14)88(118)104-73(51-64-30-22-20-23-31-64)90(120)106-82(56(2)3)91(121)103-71(33-28-45-99-94(98)124)89(119)101-67-39-37-65(38-40-67)55-130-96(125)111-48-43-66(44-49-111)68-52-75(131-59(8)9)72(50-62(68)13)105-95-100-54-69(97)87(108-95)102-70-32-25-26-35-77(70)132(126,127)60(10)11/h20,22-23,25-26,30-32,35,37-42,50,52,54,56-61,63,66,71,73-74,76,82-86H,19,21,24,27-29,33-34,36,43-49,51,53,55H2,1-18H3,(H,101,119)(H,103,121)(H,104,118)(H,106,120)(H,107,122)(H3,98,99,124)(H2,100,102,105,108)/t61-,63+,71-,73-,74-,76+,82-,83-,84-,85-,86+/m0/s1. The Bertz CT molecular complexity index is 4940. The number of primary amides is 1. The number of benzene rings is 4. The Labute approximate surface area is 781 Å². The summed E-state index contributed by atoms with van der Waals surface area (Å²) in [7, 11) is 2.46. The van der Waals surface area contributed by atoms with Gasteiger partial charge in [-0.3, -0.25) is 52.8 Å². The average Bonchev–Trinajstić information content (AvgIpc) is 1.36. The lowest BCUT2D eigenvalue weighted by molar-refractivity contribution is -0.148. The zero-order valence-electron chi connectivity index (χ0n) is 79.5. The number of hydrogen-bond donors (Lipinski definition) is 9. The number of likely N-dealkylation sites (tertiary alicyclic amines) is 2. The van der Waals surface area contributed by atoms with Gasteiger partial charge in [-0.1, -0.05) is 141 Å². The molecular weight excluding hydrogens is 1730 g/mol. The van der Waals surface area contributed by atoms with Gasteiger partial charge in [0, 0.05) is 91.7 Å². The molecule has 10 N–H and O–H groups in total. The van der Waals surface area contributed by atoms with Crippen molar-refractivity contribution < 1.29 is 84.9 Å². The maximum Gasteiger partial charge on any atom is 0.410 e. The largest absolute Gasteiger partial charge is 0.489 e. The summed E-state index contributed by atoms with van der Waals surface area (Å²) in [5, 5.41) is 22.9. The smallest absolute Gasteiger partial charge is 0.410 e. The Balaban J connectivity index is 0.866. The molecular formula is C96H137ClN16O18S. The van der Waals surface area contributed by atoms with Crippen molar-refractivity contribution in [1.29, 1.82) is 0 Å². The number of sulfone groups is 1. The van der Waals surface area contributed by atoms with Gasteiger partial charge in [-0.2, -0.15) is 4.98 Å². The van der Waals surface area contributed by atoms with Gasteiger partial charge in [0.25, 0.3) is 11.8 Å². The molecule has 0 saturated carbocycles. The molecule has 34 nitrogen and oxygen atoms in total. The second-order valence-electron chi connectivity index (χ2n) is 36.1. The number of unbranched alkanes of at least 4 members (excludes halogenated alkanes) is 2. The van der Waals surface area contributed by atoms with E-state index in [1.54, 1.807) is 136 Å². The molecule has 4 aromatic carbocycles. The third kappa shape index (κ3) is 29.1. The minimum atomic E-state index is -3.66. The maximum atomic E-state index is 15.0. The number of hydrogen-bond acceptors (Lipinski definition) is 22. The fourth-order valence-electron chi connectivity index (χ4n) is 17.1. The monoisotopic (exact) mass is 1870 g/mol. The maximum absolute atomic E-state index is 15.0. The van der Waals surface area contributed by atoms with E-state index in [0.29, 0.717) is 105 Å². The highest BCUT2D eigenvalue weighted by Crippen LogP contribution is 2.40. The van der Waals surface area contributed by atoms with E-state index in [1.165, 1.54) is 43.5 Å². The van der Waals surface area contributed by atoms with Crippen LogP contribution in [0.3, 0.4) is 0 Å². The highest BCUT2D eigenvalue weighted by Gasteiger charge is 2.45. The van der Waals surface area contributed by atoms with Gasteiger partial charge in [0.05, 0.1) is 70.5 Å². The van der Waals surface area contributed by atoms with Gasteiger partial charge in [0.2, 0.25) is 53.2 Å². The van der Waals surface area contributed by atoms with E-state index in [-0.39, 0.29) is 121 Å². The highest BCUT2D eigenvalue weighted by atomic mass is 35.5. The van der Waals surface area contributed by atoms with Crippen molar-refractivity contribution in [2.75, 3.05) is 77.0 Å². The highest BCUT2D eigenvalue weighted by molar-refractivity contribution is 7.92. The van der Waals surface area contributed by atoms with E-state index in [9.17, 15) is 66.0 Å². The van der Waals surface area contributed by atoms with Crippen LogP contribution in [0.15, 0.2) is 114 Å². The topological polar surface area (TPSA) is 440 Å². The summed E-state index contributed by atoms with van der Waals surface area (Å²) in [4.78, 5) is 183. The molecule has 36 heteroatoms. The number of nitrogens with one attached hydrogen (secondary N) is 8. The van der Waals surface area contributed by atoms with Crippen molar-refractivity contribution in [3.05, 3.63) is 137 Å². The number of piperidine rings is 1. The van der Waals surface area contributed by atoms with Crippen molar-refractivity contribution in [3.8, 4) is 5.75 Å². The molecule has 0 radical (unpaired) electrons. The van der Waals surface area contributed by atoms with Crippen LogP contribution in [0.2, 0.25) is 5.02 Å². The van der Waals surface area contributed by atoms with Crippen LogP contribution in [-0.4, -0.2) is 241 Å². The van der Waals surface area contributed by atoms with Crippen LogP contribution < -0.4 is 53.0 Å². The number of aromatic nitrogens is 2. The first kappa shape index (κ1) is 106. The van der Waals surface area contributed by atoms with Gasteiger partial charge in [0.1, 0.15) is 47.6 Å². The lowest BCUT2D eigenvalue weighted by Crippen LogP contribution is -2.60. The number of carbonyl (C=O) groups excluding carboxylic acids is 12. The number of carbonyl (C=O) groups is 12. The van der Waals surface area contributed by atoms with Crippen LogP contribution in [0.1, 0.15) is 195 Å². The van der Waals surface area contributed by atoms with Gasteiger partial charge < -0.3 is 86.8 Å². The third-order valence-electron chi connectivity index (χ3n) is 24.7. The second kappa shape index (κ2) is 50.0. The number of ether oxygens (including phenoxy) is 4. The molecule has 0 aliphatic carbocycles. The summed E-state index contributed by atoms with van der Waals surface area (Å²) in [6, 6.07) is 18.3. The van der Waals surface area contributed by atoms with E-state index < -0.39 is 135 Å². The summed E-state index contributed by atoms with van der Waals surface area (Å²) in [5.41, 5.74) is 9.95. The third-order valence-corrected chi connectivity index (χ3v) is 27.2. The molecule has 3 aliphatic heterocycles.